The minimum atomic E-state index is -1.08. The van der Waals surface area contributed by atoms with Gasteiger partial charge in [-0.1, -0.05) is 13.8 Å². The molecule has 6 heteroatoms. The standard InChI is InChI=1S/C14H24N2O4/c1-4-14(5-2)11(17)15-13(19)16(12(14)18)9-7-6-8-10-20-3/h4-10H2,1-3H3,(H,15,17,19). The highest BCUT2D eigenvalue weighted by Gasteiger charge is 2.51. The van der Waals surface area contributed by atoms with Crippen molar-refractivity contribution < 1.29 is 19.1 Å². The average molecular weight is 284 g/mol. The Morgan fingerprint density at radius 1 is 1.10 bits per heavy atom. The summed E-state index contributed by atoms with van der Waals surface area (Å²) in [7, 11) is 1.64. The van der Waals surface area contributed by atoms with Crippen molar-refractivity contribution in [1.82, 2.24) is 10.2 Å². The Labute approximate surface area is 119 Å². The largest absolute Gasteiger partial charge is 0.385 e. The Morgan fingerprint density at radius 2 is 1.75 bits per heavy atom. The van der Waals surface area contributed by atoms with Gasteiger partial charge in [-0.2, -0.15) is 0 Å². The van der Waals surface area contributed by atoms with Crippen molar-refractivity contribution in [1.29, 1.82) is 0 Å². The van der Waals surface area contributed by atoms with E-state index < -0.39 is 17.4 Å². The normalized spacial score (nSPS) is 18.4. The molecule has 0 bridgehead atoms. The van der Waals surface area contributed by atoms with Gasteiger partial charge in [0.1, 0.15) is 5.41 Å². The summed E-state index contributed by atoms with van der Waals surface area (Å²) in [5, 5.41) is 2.31. The number of unbranched alkanes of at least 4 members (excludes halogenated alkanes) is 2. The van der Waals surface area contributed by atoms with E-state index in [1.807, 2.05) is 0 Å². The molecule has 1 aliphatic rings. The fourth-order valence-corrected chi connectivity index (χ4v) is 2.50. The van der Waals surface area contributed by atoms with Crippen molar-refractivity contribution in [3.05, 3.63) is 0 Å². The van der Waals surface area contributed by atoms with Gasteiger partial charge < -0.3 is 4.74 Å². The van der Waals surface area contributed by atoms with E-state index in [9.17, 15) is 14.4 Å². The van der Waals surface area contributed by atoms with Crippen molar-refractivity contribution in [3.63, 3.8) is 0 Å². The number of carbonyl (C=O) groups excluding carboxylic acids is 3. The van der Waals surface area contributed by atoms with E-state index in [1.165, 1.54) is 4.90 Å². The number of ether oxygens (including phenoxy) is 1. The molecule has 1 aliphatic heterocycles. The summed E-state index contributed by atoms with van der Waals surface area (Å²) in [6, 6.07) is -0.593. The lowest BCUT2D eigenvalue weighted by molar-refractivity contribution is -0.152. The fourth-order valence-electron chi connectivity index (χ4n) is 2.50. The van der Waals surface area contributed by atoms with E-state index in [0.717, 1.165) is 19.3 Å². The predicted molar refractivity (Wildman–Crippen MR) is 74.0 cm³/mol. The van der Waals surface area contributed by atoms with Crippen LogP contribution in [0.2, 0.25) is 0 Å². The zero-order valence-electron chi connectivity index (χ0n) is 12.5. The number of hydrogen-bond donors (Lipinski definition) is 1. The van der Waals surface area contributed by atoms with Crippen LogP contribution in [0.5, 0.6) is 0 Å². The molecule has 0 radical (unpaired) electrons. The van der Waals surface area contributed by atoms with Gasteiger partial charge in [-0.3, -0.25) is 19.8 Å². The number of imide groups is 2. The first-order valence-electron chi connectivity index (χ1n) is 7.19. The third-order valence-electron chi connectivity index (χ3n) is 3.99. The molecule has 1 N–H and O–H groups in total. The Hall–Kier alpha value is -1.43. The lowest BCUT2D eigenvalue weighted by atomic mass is 9.78. The van der Waals surface area contributed by atoms with E-state index >= 15 is 0 Å². The van der Waals surface area contributed by atoms with Gasteiger partial charge in [0.2, 0.25) is 11.8 Å². The number of amides is 4. The number of methoxy groups -OCH3 is 1. The van der Waals surface area contributed by atoms with Crippen LogP contribution in [0.25, 0.3) is 0 Å². The molecule has 6 nitrogen and oxygen atoms in total. The molecule has 1 saturated heterocycles. The van der Waals surface area contributed by atoms with Crippen LogP contribution in [0.1, 0.15) is 46.0 Å². The lowest BCUT2D eigenvalue weighted by Gasteiger charge is -2.38. The van der Waals surface area contributed by atoms with Gasteiger partial charge in [-0.25, -0.2) is 4.79 Å². The van der Waals surface area contributed by atoms with E-state index in [4.69, 9.17) is 4.74 Å². The second kappa shape index (κ2) is 7.38. The smallest absolute Gasteiger partial charge is 0.330 e. The highest BCUT2D eigenvalue weighted by Crippen LogP contribution is 2.32. The van der Waals surface area contributed by atoms with E-state index in [0.29, 0.717) is 26.0 Å². The van der Waals surface area contributed by atoms with Crippen LogP contribution in [-0.4, -0.2) is 43.0 Å². The van der Waals surface area contributed by atoms with Crippen LogP contribution >= 0.6 is 0 Å². The maximum Gasteiger partial charge on any atom is 0.330 e. The molecule has 20 heavy (non-hydrogen) atoms. The third-order valence-corrected chi connectivity index (χ3v) is 3.99. The molecule has 1 rings (SSSR count). The van der Waals surface area contributed by atoms with Crippen LogP contribution in [0, 0.1) is 5.41 Å². The summed E-state index contributed by atoms with van der Waals surface area (Å²) in [6.45, 7) is 4.62. The highest BCUT2D eigenvalue weighted by molar-refractivity contribution is 6.19. The van der Waals surface area contributed by atoms with Crippen molar-refractivity contribution in [2.45, 2.75) is 46.0 Å². The summed E-state index contributed by atoms with van der Waals surface area (Å²) < 4.78 is 4.95. The maximum atomic E-state index is 12.5. The van der Waals surface area contributed by atoms with Gasteiger partial charge in [0.25, 0.3) is 0 Å². The van der Waals surface area contributed by atoms with E-state index in [1.54, 1.807) is 21.0 Å². The van der Waals surface area contributed by atoms with Crippen LogP contribution in [0.15, 0.2) is 0 Å². The summed E-state index contributed by atoms with van der Waals surface area (Å²) >= 11 is 0. The number of carbonyl (C=O) groups is 3. The summed E-state index contributed by atoms with van der Waals surface area (Å²) in [5.74, 6) is -0.823. The molecule has 0 aromatic carbocycles. The number of rotatable bonds is 8. The van der Waals surface area contributed by atoms with Gasteiger partial charge >= 0.3 is 6.03 Å². The zero-order chi connectivity index (χ0) is 15.2. The number of hydrogen-bond acceptors (Lipinski definition) is 4. The topological polar surface area (TPSA) is 75.7 Å². The molecule has 0 aliphatic carbocycles. The first kappa shape index (κ1) is 16.6. The molecule has 114 valence electrons. The molecular formula is C14H24N2O4. The molecule has 0 spiro atoms. The van der Waals surface area contributed by atoms with Gasteiger partial charge in [0.15, 0.2) is 0 Å². The minimum Gasteiger partial charge on any atom is -0.385 e. The first-order chi connectivity index (χ1) is 9.53. The molecule has 0 aromatic heterocycles. The molecular weight excluding hydrogens is 260 g/mol. The molecule has 1 fully saturated rings. The Kier molecular flexibility index (Phi) is 6.13. The van der Waals surface area contributed by atoms with Crippen molar-refractivity contribution in [2.24, 2.45) is 5.41 Å². The number of nitrogens with zero attached hydrogens (tertiary/aromatic N) is 1. The predicted octanol–water partition coefficient (Wildman–Crippen LogP) is 1.69. The molecule has 0 aromatic rings. The average Bonchev–Trinajstić information content (AvgIpc) is 2.43. The molecule has 4 amide bonds. The van der Waals surface area contributed by atoms with Gasteiger partial charge in [-0.05, 0) is 32.1 Å². The van der Waals surface area contributed by atoms with Crippen LogP contribution in [-0.2, 0) is 14.3 Å². The number of nitrogens with one attached hydrogen (secondary N) is 1. The molecule has 1 heterocycles. The second-order valence-corrected chi connectivity index (χ2v) is 5.06. The monoisotopic (exact) mass is 284 g/mol. The number of urea groups is 1. The molecule has 0 atom stereocenters. The van der Waals surface area contributed by atoms with Crippen LogP contribution in [0.3, 0.4) is 0 Å². The summed E-state index contributed by atoms with van der Waals surface area (Å²) in [4.78, 5) is 37.4. The van der Waals surface area contributed by atoms with Crippen molar-refractivity contribution in [2.75, 3.05) is 20.3 Å². The quantitative estimate of drug-likeness (QED) is 0.543. The van der Waals surface area contributed by atoms with Gasteiger partial charge in [0.05, 0.1) is 0 Å². The maximum absolute atomic E-state index is 12.5. The first-order valence-corrected chi connectivity index (χ1v) is 7.19. The number of barbiturate groups is 1. The Balaban J connectivity index is 2.68. The van der Waals surface area contributed by atoms with E-state index in [2.05, 4.69) is 5.32 Å². The van der Waals surface area contributed by atoms with E-state index in [-0.39, 0.29) is 5.91 Å². The van der Waals surface area contributed by atoms with Gasteiger partial charge in [-0.15, -0.1) is 0 Å². The van der Waals surface area contributed by atoms with Crippen LogP contribution in [0.4, 0.5) is 4.79 Å². The third kappa shape index (κ3) is 3.17. The lowest BCUT2D eigenvalue weighted by Crippen LogP contribution is -2.63. The van der Waals surface area contributed by atoms with Crippen molar-refractivity contribution in [3.8, 4) is 0 Å². The zero-order valence-corrected chi connectivity index (χ0v) is 12.5. The Morgan fingerprint density at radius 3 is 2.30 bits per heavy atom. The highest BCUT2D eigenvalue weighted by atomic mass is 16.5. The summed E-state index contributed by atoms with van der Waals surface area (Å²) in [6.07, 6.45) is 3.30. The van der Waals surface area contributed by atoms with Crippen LogP contribution < -0.4 is 5.32 Å². The Bertz CT molecular complexity index is 377. The molecule has 0 saturated carbocycles. The minimum absolute atomic E-state index is 0.351. The summed E-state index contributed by atoms with van der Waals surface area (Å²) in [5.41, 5.74) is -1.08. The molecule has 0 unspecified atom stereocenters. The fraction of sp³-hybridized carbons (Fsp3) is 0.786. The SMILES string of the molecule is CCC1(CC)C(=O)NC(=O)N(CCCCCOC)C1=O. The van der Waals surface area contributed by atoms with Gasteiger partial charge in [0, 0.05) is 20.3 Å². The van der Waals surface area contributed by atoms with Crippen molar-refractivity contribution >= 4 is 17.8 Å². The second-order valence-electron chi connectivity index (χ2n) is 5.06.